The molecule has 0 aromatic heterocycles. The summed E-state index contributed by atoms with van der Waals surface area (Å²) in [6.45, 7) is 7.17. The molecule has 0 aromatic carbocycles. The van der Waals surface area contributed by atoms with E-state index >= 15 is 0 Å². The molecule has 0 unspecified atom stereocenters. The SMILES string of the molecule is CCCCOC(=O)COCCOCCOCC. The molecular weight excluding hydrogens is 224 g/mol. The van der Waals surface area contributed by atoms with E-state index in [2.05, 4.69) is 0 Å². The smallest absolute Gasteiger partial charge is 0.332 e. The molecule has 0 bridgehead atoms. The van der Waals surface area contributed by atoms with Crippen LogP contribution in [0.5, 0.6) is 0 Å². The van der Waals surface area contributed by atoms with Crippen LogP contribution in [0.25, 0.3) is 0 Å². The van der Waals surface area contributed by atoms with E-state index < -0.39 is 0 Å². The molecule has 0 radical (unpaired) electrons. The van der Waals surface area contributed by atoms with Crippen LogP contribution in [0.4, 0.5) is 0 Å². The first kappa shape index (κ1) is 16.4. The lowest BCUT2D eigenvalue weighted by Crippen LogP contribution is -2.16. The largest absolute Gasteiger partial charge is 0.464 e. The van der Waals surface area contributed by atoms with Crippen molar-refractivity contribution in [3.05, 3.63) is 0 Å². The zero-order valence-corrected chi connectivity index (χ0v) is 10.9. The fraction of sp³-hybridized carbons (Fsp3) is 0.917. The topological polar surface area (TPSA) is 54.0 Å². The Balaban J connectivity index is 3.08. The summed E-state index contributed by atoms with van der Waals surface area (Å²) in [6.07, 6.45) is 1.91. The summed E-state index contributed by atoms with van der Waals surface area (Å²) in [5.74, 6) is -0.312. The predicted molar refractivity (Wildman–Crippen MR) is 64.0 cm³/mol. The first-order valence-electron chi connectivity index (χ1n) is 6.20. The molecule has 0 aliphatic rings. The van der Waals surface area contributed by atoms with E-state index in [1.807, 2.05) is 13.8 Å². The number of ether oxygens (including phenoxy) is 4. The molecule has 0 aliphatic heterocycles. The molecule has 0 rings (SSSR count). The van der Waals surface area contributed by atoms with Gasteiger partial charge in [0, 0.05) is 6.61 Å². The van der Waals surface area contributed by atoms with Crippen LogP contribution < -0.4 is 0 Å². The Morgan fingerprint density at radius 1 is 0.882 bits per heavy atom. The van der Waals surface area contributed by atoms with Gasteiger partial charge in [0.2, 0.25) is 0 Å². The van der Waals surface area contributed by atoms with Crippen molar-refractivity contribution in [1.29, 1.82) is 0 Å². The van der Waals surface area contributed by atoms with Crippen molar-refractivity contribution in [2.45, 2.75) is 26.7 Å². The quantitative estimate of drug-likeness (QED) is 0.386. The second-order valence-electron chi connectivity index (χ2n) is 3.44. The zero-order chi connectivity index (χ0) is 12.8. The number of hydrogen-bond acceptors (Lipinski definition) is 5. The molecule has 0 aliphatic carbocycles. The summed E-state index contributed by atoms with van der Waals surface area (Å²) in [5.41, 5.74) is 0. The van der Waals surface area contributed by atoms with E-state index in [0.717, 1.165) is 12.8 Å². The van der Waals surface area contributed by atoms with Crippen LogP contribution in [0.2, 0.25) is 0 Å². The molecular formula is C12H24O5. The number of rotatable bonds is 12. The number of carbonyl (C=O) groups is 1. The molecule has 0 fully saturated rings. The third-order valence-corrected chi connectivity index (χ3v) is 1.93. The number of carbonyl (C=O) groups excluding carboxylic acids is 1. The fourth-order valence-corrected chi connectivity index (χ4v) is 1.01. The first-order valence-corrected chi connectivity index (χ1v) is 6.20. The van der Waals surface area contributed by atoms with Crippen LogP contribution in [-0.2, 0) is 23.7 Å². The van der Waals surface area contributed by atoms with Gasteiger partial charge in [0.15, 0.2) is 0 Å². The predicted octanol–water partition coefficient (Wildman–Crippen LogP) is 1.40. The Hall–Kier alpha value is -0.650. The molecule has 0 atom stereocenters. The van der Waals surface area contributed by atoms with Crippen LogP contribution in [0.1, 0.15) is 26.7 Å². The van der Waals surface area contributed by atoms with Crippen molar-refractivity contribution in [3.8, 4) is 0 Å². The lowest BCUT2D eigenvalue weighted by Gasteiger charge is -2.06. The molecule has 0 saturated carbocycles. The minimum absolute atomic E-state index is 0.00145. The maximum atomic E-state index is 11.1. The van der Waals surface area contributed by atoms with Crippen molar-refractivity contribution in [2.24, 2.45) is 0 Å². The Morgan fingerprint density at radius 2 is 1.53 bits per heavy atom. The highest BCUT2D eigenvalue weighted by atomic mass is 16.6. The van der Waals surface area contributed by atoms with E-state index in [4.69, 9.17) is 18.9 Å². The first-order chi connectivity index (χ1) is 8.31. The van der Waals surface area contributed by atoms with Gasteiger partial charge in [-0.2, -0.15) is 0 Å². The Morgan fingerprint density at radius 3 is 2.18 bits per heavy atom. The summed E-state index contributed by atoms with van der Waals surface area (Å²) in [7, 11) is 0. The lowest BCUT2D eigenvalue weighted by atomic mass is 10.4. The zero-order valence-electron chi connectivity index (χ0n) is 10.9. The van der Waals surface area contributed by atoms with Crippen molar-refractivity contribution in [2.75, 3.05) is 46.2 Å². The molecule has 0 amide bonds. The van der Waals surface area contributed by atoms with Gasteiger partial charge in [-0.3, -0.25) is 0 Å². The van der Waals surface area contributed by atoms with E-state index in [1.54, 1.807) is 0 Å². The van der Waals surface area contributed by atoms with Crippen LogP contribution in [-0.4, -0.2) is 52.2 Å². The highest BCUT2D eigenvalue weighted by Crippen LogP contribution is 1.89. The van der Waals surface area contributed by atoms with E-state index in [1.165, 1.54) is 0 Å². The van der Waals surface area contributed by atoms with E-state index in [9.17, 15) is 4.79 Å². The maximum absolute atomic E-state index is 11.1. The number of esters is 1. The van der Waals surface area contributed by atoms with Crippen LogP contribution in [0.15, 0.2) is 0 Å². The molecule has 5 heteroatoms. The van der Waals surface area contributed by atoms with Crippen LogP contribution in [0, 0.1) is 0 Å². The summed E-state index contributed by atoms with van der Waals surface area (Å²) in [6, 6.07) is 0. The number of unbranched alkanes of at least 4 members (excludes halogenated alkanes) is 1. The molecule has 102 valence electrons. The average Bonchev–Trinajstić information content (AvgIpc) is 2.33. The Kier molecular flexibility index (Phi) is 12.9. The van der Waals surface area contributed by atoms with Gasteiger partial charge in [0.25, 0.3) is 0 Å². The third-order valence-electron chi connectivity index (χ3n) is 1.93. The maximum Gasteiger partial charge on any atom is 0.332 e. The molecule has 0 heterocycles. The van der Waals surface area contributed by atoms with Crippen molar-refractivity contribution in [1.82, 2.24) is 0 Å². The molecule has 0 N–H and O–H groups in total. The minimum Gasteiger partial charge on any atom is -0.464 e. The number of hydrogen-bond donors (Lipinski definition) is 0. The second-order valence-corrected chi connectivity index (χ2v) is 3.44. The molecule has 0 aromatic rings. The van der Waals surface area contributed by atoms with E-state index in [-0.39, 0.29) is 12.6 Å². The highest BCUT2D eigenvalue weighted by molar-refractivity contribution is 5.70. The molecule has 0 spiro atoms. The average molecular weight is 248 g/mol. The van der Waals surface area contributed by atoms with Gasteiger partial charge in [-0.05, 0) is 13.3 Å². The Bertz CT molecular complexity index is 172. The van der Waals surface area contributed by atoms with E-state index in [0.29, 0.717) is 39.6 Å². The Labute approximate surface area is 103 Å². The van der Waals surface area contributed by atoms with Crippen molar-refractivity contribution >= 4 is 5.97 Å². The normalized spacial score (nSPS) is 10.5. The minimum atomic E-state index is -0.312. The van der Waals surface area contributed by atoms with Crippen LogP contribution >= 0.6 is 0 Å². The molecule has 5 nitrogen and oxygen atoms in total. The van der Waals surface area contributed by atoms with Crippen molar-refractivity contribution in [3.63, 3.8) is 0 Å². The van der Waals surface area contributed by atoms with Crippen molar-refractivity contribution < 1.29 is 23.7 Å². The van der Waals surface area contributed by atoms with Gasteiger partial charge in [0.05, 0.1) is 33.0 Å². The monoisotopic (exact) mass is 248 g/mol. The molecule has 17 heavy (non-hydrogen) atoms. The lowest BCUT2D eigenvalue weighted by molar-refractivity contribution is -0.149. The van der Waals surface area contributed by atoms with Gasteiger partial charge in [-0.25, -0.2) is 4.79 Å². The van der Waals surface area contributed by atoms with Gasteiger partial charge in [0.1, 0.15) is 6.61 Å². The molecule has 0 saturated heterocycles. The summed E-state index contributed by atoms with van der Waals surface area (Å²) in [4.78, 5) is 11.1. The summed E-state index contributed by atoms with van der Waals surface area (Å²) >= 11 is 0. The van der Waals surface area contributed by atoms with Gasteiger partial charge in [-0.15, -0.1) is 0 Å². The summed E-state index contributed by atoms with van der Waals surface area (Å²) in [5, 5.41) is 0. The van der Waals surface area contributed by atoms with Gasteiger partial charge >= 0.3 is 5.97 Å². The standard InChI is InChI=1S/C12H24O5/c1-3-5-6-17-12(13)11-16-10-9-15-8-7-14-4-2/h3-11H2,1-2H3. The van der Waals surface area contributed by atoms with Crippen LogP contribution in [0.3, 0.4) is 0 Å². The summed E-state index contributed by atoms with van der Waals surface area (Å²) < 4.78 is 20.3. The van der Waals surface area contributed by atoms with Gasteiger partial charge in [-0.1, -0.05) is 13.3 Å². The van der Waals surface area contributed by atoms with Gasteiger partial charge < -0.3 is 18.9 Å². The fourth-order valence-electron chi connectivity index (χ4n) is 1.01. The second kappa shape index (κ2) is 13.4. The highest BCUT2D eigenvalue weighted by Gasteiger charge is 2.01. The third kappa shape index (κ3) is 13.3.